The van der Waals surface area contributed by atoms with Crippen molar-refractivity contribution in [2.24, 2.45) is 0 Å². The first-order valence-electron chi connectivity index (χ1n) is 9.17. The summed E-state index contributed by atoms with van der Waals surface area (Å²) in [5.41, 5.74) is -34.1. The standard InChI is InChI=1S/C13H3F24O4PS/c1-43-42(38-2(6(14,15)16,7(17,18)19)3(39-42,8(20,21)22)9(23,24)25)40-4(10(26,27)28,11(29,30)31)5(41-42,12(32,33)34)13(35,36)37/h1H3. The molecule has 1 spiro atoms. The van der Waals surface area contributed by atoms with E-state index in [9.17, 15) is 105 Å². The van der Waals surface area contributed by atoms with Crippen molar-refractivity contribution in [1.82, 2.24) is 0 Å². The van der Waals surface area contributed by atoms with Gasteiger partial charge < -0.3 is 0 Å². The number of halogens is 24. The summed E-state index contributed by atoms with van der Waals surface area (Å²) < 4.78 is 341. The molecule has 0 aromatic heterocycles. The Labute approximate surface area is 220 Å². The monoisotopic (exact) mass is 742 g/mol. The van der Waals surface area contributed by atoms with E-state index in [4.69, 9.17) is 0 Å². The third kappa shape index (κ3) is 4.24. The van der Waals surface area contributed by atoms with E-state index in [1.807, 2.05) is 0 Å². The summed E-state index contributed by atoms with van der Waals surface area (Å²) in [5.74, 6) is 0. The molecule has 2 aliphatic rings. The van der Waals surface area contributed by atoms with Crippen LogP contribution in [0.3, 0.4) is 0 Å². The predicted molar refractivity (Wildman–Crippen MR) is 84.1 cm³/mol. The maximum atomic E-state index is 13.8. The Kier molecular flexibility index (Phi) is 7.84. The normalized spacial score (nSPS) is 26.8. The van der Waals surface area contributed by atoms with Crippen LogP contribution in [0, 0.1) is 0 Å². The maximum absolute atomic E-state index is 13.8. The van der Waals surface area contributed by atoms with E-state index < -0.39 is 96.2 Å². The van der Waals surface area contributed by atoms with Crippen LogP contribution >= 0.6 is 18.1 Å². The molecule has 0 saturated carbocycles. The van der Waals surface area contributed by atoms with Gasteiger partial charge in [0, 0.05) is 0 Å². The predicted octanol–water partition coefficient (Wildman–Crippen LogP) is 9.02. The van der Waals surface area contributed by atoms with E-state index >= 15 is 0 Å². The van der Waals surface area contributed by atoms with Crippen LogP contribution < -0.4 is 0 Å². The first kappa shape index (κ1) is 38.1. The van der Waals surface area contributed by atoms with E-state index in [1.165, 1.54) is 0 Å². The molecule has 258 valence electrons. The van der Waals surface area contributed by atoms with Crippen molar-refractivity contribution in [3.63, 3.8) is 0 Å². The van der Waals surface area contributed by atoms with Crippen LogP contribution in [-0.2, 0) is 18.1 Å². The molecule has 0 bridgehead atoms. The molecule has 0 aromatic carbocycles. The van der Waals surface area contributed by atoms with Gasteiger partial charge in [-0.15, -0.1) is 0 Å². The van der Waals surface area contributed by atoms with Gasteiger partial charge in [-0.25, -0.2) is 0 Å². The number of hydrogen-bond acceptors (Lipinski definition) is 5. The fourth-order valence-corrected chi connectivity index (χ4v) is 9.96. The molecule has 0 aliphatic carbocycles. The Bertz CT molecular complexity index is 873. The average molecular weight is 742 g/mol. The molecule has 2 heterocycles. The van der Waals surface area contributed by atoms with E-state index in [-0.39, 0.29) is 0 Å². The van der Waals surface area contributed by atoms with Crippen LogP contribution in [0.4, 0.5) is 105 Å². The molecule has 2 saturated heterocycles. The van der Waals surface area contributed by atoms with Gasteiger partial charge in [0.25, 0.3) is 0 Å². The molecule has 2 rings (SSSR count). The minimum absolute atomic E-state index is 0.835. The van der Waals surface area contributed by atoms with Gasteiger partial charge in [-0.1, -0.05) is 0 Å². The molecular formula is C13H3F24O4PS. The summed E-state index contributed by atoms with van der Waals surface area (Å²) in [6, 6.07) is 0. The van der Waals surface area contributed by atoms with Crippen LogP contribution in [0.2, 0.25) is 0 Å². The fraction of sp³-hybridized carbons (Fsp3) is 1.00. The fourth-order valence-electron chi connectivity index (χ4n) is 4.07. The number of alkyl halides is 24. The average Bonchev–Trinajstić information content (AvgIpc) is 3.16. The van der Waals surface area contributed by atoms with Crippen LogP contribution in [0.1, 0.15) is 0 Å². The Hall–Kier alpha value is -1.06. The van der Waals surface area contributed by atoms with E-state index in [0.29, 0.717) is 0 Å². The zero-order valence-corrected chi connectivity index (χ0v) is 20.3. The van der Waals surface area contributed by atoms with Gasteiger partial charge in [-0.3, -0.25) is 0 Å². The van der Waals surface area contributed by atoms with Crippen LogP contribution in [-0.4, -0.2) is 78.1 Å². The molecule has 0 aromatic rings. The summed E-state index contributed by atoms with van der Waals surface area (Å²) in [7, 11) is 0. The molecule has 0 N–H and O–H groups in total. The Morgan fingerprint density at radius 2 is 0.442 bits per heavy atom. The summed E-state index contributed by atoms with van der Waals surface area (Å²) in [4.78, 5) is 0. The zero-order valence-electron chi connectivity index (χ0n) is 18.6. The zero-order chi connectivity index (χ0) is 35.0. The first-order valence-corrected chi connectivity index (χ1v) is 12.9. The second-order valence-corrected chi connectivity index (χ2v) is 13.5. The van der Waals surface area contributed by atoms with Gasteiger partial charge >= 0.3 is 220 Å². The van der Waals surface area contributed by atoms with Crippen molar-refractivity contribution in [2.75, 3.05) is 6.26 Å². The molecular weight excluding hydrogens is 739 g/mol. The van der Waals surface area contributed by atoms with Crippen molar-refractivity contribution >= 4 is 18.1 Å². The molecule has 2 fully saturated rings. The Morgan fingerprint density at radius 3 is 0.512 bits per heavy atom. The molecule has 0 unspecified atom stereocenters. The molecule has 0 atom stereocenters. The van der Waals surface area contributed by atoms with E-state index in [0.717, 1.165) is 0 Å². The molecule has 0 amide bonds. The molecule has 30 heteroatoms. The first-order chi connectivity index (χ1) is 18.2. The van der Waals surface area contributed by atoms with Crippen molar-refractivity contribution < 1.29 is 123 Å². The number of hydrogen-bond donors (Lipinski definition) is 0. The van der Waals surface area contributed by atoms with Gasteiger partial charge in [-0.2, -0.15) is 0 Å². The molecule has 4 nitrogen and oxygen atoms in total. The summed E-state index contributed by atoms with van der Waals surface area (Å²) >= 11 is -2.43. The van der Waals surface area contributed by atoms with Crippen molar-refractivity contribution in [3.8, 4) is 0 Å². The minimum atomic E-state index is -10.3. The molecule has 2 aliphatic heterocycles. The molecule has 43 heavy (non-hydrogen) atoms. The SMILES string of the molecule is CSP12(OC(C(F)(F)F)(C(F)(F)F)C(C(F)(F)F)(C(F)(F)F)O1)OC(C(F)(F)F)(C(F)(F)F)C(C(F)(F)F)(C(F)(F)F)O2. The van der Waals surface area contributed by atoms with Gasteiger partial charge in [0.1, 0.15) is 0 Å². The second-order valence-electron chi connectivity index (χ2n) is 8.00. The van der Waals surface area contributed by atoms with Crippen LogP contribution in [0.5, 0.6) is 0 Å². The topological polar surface area (TPSA) is 36.9 Å². The van der Waals surface area contributed by atoms with Gasteiger partial charge in [0.05, 0.1) is 0 Å². The van der Waals surface area contributed by atoms with E-state index in [1.54, 1.807) is 0 Å². The van der Waals surface area contributed by atoms with Gasteiger partial charge in [0.2, 0.25) is 0 Å². The van der Waals surface area contributed by atoms with E-state index in [2.05, 4.69) is 18.1 Å². The summed E-state index contributed by atoms with van der Waals surface area (Å²) in [5, 5.41) is 0. The third-order valence-electron chi connectivity index (χ3n) is 5.63. The van der Waals surface area contributed by atoms with Crippen molar-refractivity contribution in [3.05, 3.63) is 0 Å². The van der Waals surface area contributed by atoms with Crippen molar-refractivity contribution in [1.29, 1.82) is 0 Å². The molecule has 0 radical (unpaired) electrons. The summed E-state index contributed by atoms with van der Waals surface area (Å²) in [6.45, 7) is -10.3. The number of rotatable bonds is 1. The van der Waals surface area contributed by atoms with Crippen LogP contribution in [0.25, 0.3) is 0 Å². The quantitative estimate of drug-likeness (QED) is 0.198. The Balaban J connectivity index is 3.52. The van der Waals surface area contributed by atoms with Gasteiger partial charge in [-0.05, 0) is 0 Å². The van der Waals surface area contributed by atoms with Gasteiger partial charge in [0.15, 0.2) is 0 Å². The summed E-state index contributed by atoms with van der Waals surface area (Å²) in [6.07, 6.45) is -69.2. The third-order valence-corrected chi connectivity index (χ3v) is 11.2. The van der Waals surface area contributed by atoms with Crippen molar-refractivity contribution in [2.45, 2.75) is 71.8 Å². The second kappa shape index (κ2) is 8.84. The van der Waals surface area contributed by atoms with Crippen LogP contribution in [0.15, 0.2) is 0 Å². The Morgan fingerprint density at radius 1 is 0.326 bits per heavy atom.